The molecule has 1 aliphatic heterocycles. The number of benzene rings is 2. The highest BCUT2D eigenvalue weighted by atomic mass is 19.1. The van der Waals surface area contributed by atoms with Crippen molar-refractivity contribution in [1.82, 2.24) is 4.90 Å². The van der Waals surface area contributed by atoms with Crippen LogP contribution in [0, 0.1) is 11.6 Å². The molecule has 138 valence electrons. The number of nitrogens with zero attached hydrogens (tertiary/aromatic N) is 2. The van der Waals surface area contributed by atoms with E-state index in [4.69, 9.17) is 4.74 Å². The summed E-state index contributed by atoms with van der Waals surface area (Å²) in [5, 5.41) is 0. The number of piperazine rings is 1. The summed E-state index contributed by atoms with van der Waals surface area (Å²) in [5.41, 5.74) is 0.969. The number of para-hydroxylation sites is 1. The molecule has 0 atom stereocenters. The molecule has 2 aromatic carbocycles. The Morgan fingerprint density at radius 1 is 0.962 bits per heavy atom. The third kappa shape index (κ3) is 4.71. The zero-order chi connectivity index (χ0) is 18.4. The fourth-order valence-corrected chi connectivity index (χ4v) is 2.99. The van der Waals surface area contributed by atoms with Crippen molar-refractivity contribution in [2.24, 2.45) is 0 Å². The predicted molar refractivity (Wildman–Crippen MR) is 96.3 cm³/mol. The molecule has 0 spiro atoms. The summed E-state index contributed by atoms with van der Waals surface area (Å²) in [4.78, 5) is 16.3. The monoisotopic (exact) mass is 360 g/mol. The molecule has 0 unspecified atom stereocenters. The quantitative estimate of drug-likeness (QED) is 0.740. The number of hydrogen-bond donors (Lipinski definition) is 0. The van der Waals surface area contributed by atoms with E-state index in [0.717, 1.165) is 18.8 Å². The van der Waals surface area contributed by atoms with Crippen molar-refractivity contribution in [3.05, 3.63) is 60.2 Å². The Balaban J connectivity index is 1.38. The van der Waals surface area contributed by atoms with Crippen molar-refractivity contribution in [2.45, 2.75) is 12.8 Å². The zero-order valence-electron chi connectivity index (χ0n) is 14.5. The van der Waals surface area contributed by atoms with Gasteiger partial charge in [-0.1, -0.05) is 12.1 Å². The van der Waals surface area contributed by atoms with Crippen LogP contribution in [0.5, 0.6) is 5.75 Å². The fraction of sp³-hybridized carbons (Fsp3) is 0.350. The summed E-state index contributed by atoms with van der Waals surface area (Å²) in [6, 6.07) is 12.7. The number of carbonyl (C=O) groups is 1. The summed E-state index contributed by atoms with van der Waals surface area (Å²) < 4.78 is 31.8. The number of carbonyl (C=O) groups excluding carboxylic acids is 1. The maximum Gasteiger partial charge on any atom is 0.222 e. The highest BCUT2D eigenvalue weighted by Gasteiger charge is 2.21. The van der Waals surface area contributed by atoms with Crippen molar-refractivity contribution in [3.63, 3.8) is 0 Å². The molecule has 0 aliphatic carbocycles. The number of ether oxygens (including phenoxy) is 1. The van der Waals surface area contributed by atoms with Crippen LogP contribution in [0.25, 0.3) is 0 Å². The molecule has 1 heterocycles. The largest absolute Gasteiger partial charge is 0.491 e. The van der Waals surface area contributed by atoms with Crippen molar-refractivity contribution >= 4 is 11.6 Å². The van der Waals surface area contributed by atoms with E-state index in [1.807, 2.05) is 4.90 Å². The van der Waals surface area contributed by atoms with Crippen LogP contribution in [-0.4, -0.2) is 43.6 Å². The van der Waals surface area contributed by atoms with Gasteiger partial charge in [0.25, 0.3) is 0 Å². The highest BCUT2D eigenvalue weighted by molar-refractivity contribution is 5.76. The van der Waals surface area contributed by atoms with Gasteiger partial charge in [0.15, 0.2) is 11.6 Å². The minimum Gasteiger partial charge on any atom is -0.491 e. The van der Waals surface area contributed by atoms with Crippen LogP contribution in [0.15, 0.2) is 48.5 Å². The molecule has 6 heteroatoms. The minimum atomic E-state index is -0.393. The van der Waals surface area contributed by atoms with Gasteiger partial charge in [-0.2, -0.15) is 0 Å². The van der Waals surface area contributed by atoms with Crippen LogP contribution < -0.4 is 9.64 Å². The maximum atomic E-state index is 13.4. The summed E-state index contributed by atoms with van der Waals surface area (Å²) in [5.74, 6) is -0.343. The van der Waals surface area contributed by atoms with E-state index < -0.39 is 5.82 Å². The molecule has 0 radical (unpaired) electrons. The SMILES string of the molecule is O=C(CCCOc1ccccc1F)N1CCN(c2ccc(F)cc2)CC1. The summed E-state index contributed by atoms with van der Waals surface area (Å²) in [6.07, 6.45) is 0.927. The Hall–Kier alpha value is -2.63. The van der Waals surface area contributed by atoms with Gasteiger partial charge in [-0.3, -0.25) is 4.79 Å². The van der Waals surface area contributed by atoms with E-state index in [9.17, 15) is 13.6 Å². The van der Waals surface area contributed by atoms with Crippen molar-refractivity contribution in [3.8, 4) is 5.75 Å². The molecule has 1 amide bonds. The maximum absolute atomic E-state index is 13.4. The molecule has 0 saturated carbocycles. The van der Waals surface area contributed by atoms with Gasteiger partial charge in [-0.25, -0.2) is 8.78 Å². The molecule has 0 N–H and O–H groups in total. The van der Waals surface area contributed by atoms with Crippen LogP contribution in [0.4, 0.5) is 14.5 Å². The van der Waals surface area contributed by atoms with E-state index in [1.54, 1.807) is 30.3 Å². The van der Waals surface area contributed by atoms with Gasteiger partial charge in [0.1, 0.15) is 5.82 Å². The number of amides is 1. The first kappa shape index (κ1) is 18.2. The van der Waals surface area contributed by atoms with Crippen LogP contribution in [0.3, 0.4) is 0 Å². The molecule has 1 fully saturated rings. The molecule has 0 aromatic heterocycles. The average Bonchev–Trinajstić information content (AvgIpc) is 2.67. The first-order chi connectivity index (χ1) is 12.6. The second-order valence-corrected chi connectivity index (χ2v) is 6.23. The highest BCUT2D eigenvalue weighted by Crippen LogP contribution is 2.18. The smallest absolute Gasteiger partial charge is 0.222 e. The molecule has 2 aromatic rings. The molecule has 1 aliphatic rings. The van der Waals surface area contributed by atoms with E-state index in [2.05, 4.69) is 4.90 Å². The van der Waals surface area contributed by atoms with Gasteiger partial charge < -0.3 is 14.5 Å². The molecular weight excluding hydrogens is 338 g/mol. The third-order valence-corrected chi connectivity index (χ3v) is 4.45. The average molecular weight is 360 g/mol. The van der Waals surface area contributed by atoms with Gasteiger partial charge in [0.2, 0.25) is 5.91 Å². The number of halogens is 2. The van der Waals surface area contributed by atoms with Crippen LogP contribution >= 0.6 is 0 Å². The zero-order valence-corrected chi connectivity index (χ0v) is 14.5. The normalized spacial score (nSPS) is 14.4. The van der Waals surface area contributed by atoms with E-state index >= 15 is 0 Å². The Bertz CT molecular complexity index is 729. The van der Waals surface area contributed by atoms with Crippen molar-refractivity contribution < 1.29 is 18.3 Å². The Morgan fingerprint density at radius 3 is 2.35 bits per heavy atom. The molecule has 3 rings (SSSR count). The van der Waals surface area contributed by atoms with Gasteiger partial charge >= 0.3 is 0 Å². The van der Waals surface area contributed by atoms with Crippen LogP contribution in [0.1, 0.15) is 12.8 Å². The number of anilines is 1. The Morgan fingerprint density at radius 2 is 1.65 bits per heavy atom. The lowest BCUT2D eigenvalue weighted by atomic mass is 10.2. The van der Waals surface area contributed by atoms with Gasteiger partial charge in [0.05, 0.1) is 6.61 Å². The molecule has 1 saturated heterocycles. The summed E-state index contributed by atoms with van der Waals surface area (Å²) in [6.45, 7) is 3.04. The van der Waals surface area contributed by atoms with Gasteiger partial charge in [-0.05, 0) is 42.8 Å². The first-order valence-electron chi connectivity index (χ1n) is 8.79. The Kier molecular flexibility index (Phi) is 6.04. The lowest BCUT2D eigenvalue weighted by Crippen LogP contribution is -2.48. The lowest BCUT2D eigenvalue weighted by Gasteiger charge is -2.36. The predicted octanol–water partition coefficient (Wildman–Crippen LogP) is 3.47. The van der Waals surface area contributed by atoms with Gasteiger partial charge in [0, 0.05) is 38.3 Å². The van der Waals surface area contributed by atoms with Crippen molar-refractivity contribution in [2.75, 3.05) is 37.7 Å². The summed E-state index contributed by atoms with van der Waals surface area (Å²) in [7, 11) is 0. The van der Waals surface area contributed by atoms with E-state index in [1.165, 1.54) is 18.2 Å². The lowest BCUT2D eigenvalue weighted by molar-refractivity contribution is -0.131. The third-order valence-electron chi connectivity index (χ3n) is 4.45. The second-order valence-electron chi connectivity index (χ2n) is 6.23. The van der Waals surface area contributed by atoms with Crippen LogP contribution in [-0.2, 0) is 4.79 Å². The molecule has 26 heavy (non-hydrogen) atoms. The minimum absolute atomic E-state index is 0.0842. The van der Waals surface area contributed by atoms with Gasteiger partial charge in [-0.15, -0.1) is 0 Å². The van der Waals surface area contributed by atoms with Crippen LogP contribution in [0.2, 0.25) is 0 Å². The number of hydrogen-bond acceptors (Lipinski definition) is 3. The number of rotatable bonds is 6. The topological polar surface area (TPSA) is 32.8 Å². The van der Waals surface area contributed by atoms with E-state index in [0.29, 0.717) is 32.5 Å². The Labute approximate surface area is 152 Å². The second kappa shape index (κ2) is 8.65. The standard InChI is InChI=1S/C20H22F2N2O2/c21-16-7-9-17(10-8-16)23-11-13-24(14-12-23)20(25)6-3-15-26-19-5-2-1-4-18(19)22/h1-2,4-5,7-10H,3,6,11-15H2. The molecule has 4 nitrogen and oxygen atoms in total. The molecule has 0 bridgehead atoms. The first-order valence-corrected chi connectivity index (χ1v) is 8.79. The van der Waals surface area contributed by atoms with Crippen molar-refractivity contribution in [1.29, 1.82) is 0 Å². The fourth-order valence-electron chi connectivity index (χ4n) is 2.99. The van der Waals surface area contributed by atoms with E-state index in [-0.39, 0.29) is 17.5 Å². The summed E-state index contributed by atoms with van der Waals surface area (Å²) >= 11 is 0. The molecular formula is C20H22F2N2O2.